The fourth-order valence-electron chi connectivity index (χ4n) is 3.81. The third kappa shape index (κ3) is 4.16. The SMILES string of the molecule is CCN(CC)CCN(C)C(=O)c1c(C)[nH]c(/C=C2\C(=O)Nc3ccc(F)cc32)c1C. The number of rotatable bonds is 7. The van der Waals surface area contributed by atoms with Crippen molar-refractivity contribution < 1.29 is 14.0 Å². The molecular weight excluding hydrogens is 383 g/mol. The summed E-state index contributed by atoms with van der Waals surface area (Å²) in [6, 6.07) is 4.21. The molecule has 7 heteroatoms. The van der Waals surface area contributed by atoms with E-state index in [4.69, 9.17) is 0 Å². The third-order valence-corrected chi connectivity index (χ3v) is 5.74. The minimum absolute atomic E-state index is 0.0552. The maximum atomic E-state index is 13.7. The molecule has 0 saturated carbocycles. The lowest BCUT2D eigenvalue weighted by atomic mass is 10.0. The van der Waals surface area contributed by atoms with Crippen molar-refractivity contribution in [3.05, 3.63) is 52.1 Å². The Balaban J connectivity index is 1.88. The summed E-state index contributed by atoms with van der Waals surface area (Å²) in [5, 5.41) is 2.75. The van der Waals surface area contributed by atoms with Crippen molar-refractivity contribution in [1.29, 1.82) is 0 Å². The molecule has 1 aliphatic rings. The maximum Gasteiger partial charge on any atom is 0.256 e. The number of anilines is 1. The fraction of sp³-hybridized carbons (Fsp3) is 0.391. The maximum absolute atomic E-state index is 13.7. The first-order chi connectivity index (χ1) is 14.3. The topological polar surface area (TPSA) is 68.4 Å². The average molecular weight is 413 g/mol. The Morgan fingerprint density at radius 3 is 2.53 bits per heavy atom. The number of hydrogen-bond acceptors (Lipinski definition) is 3. The molecule has 3 rings (SSSR count). The fourth-order valence-corrected chi connectivity index (χ4v) is 3.81. The molecule has 0 bridgehead atoms. The highest BCUT2D eigenvalue weighted by atomic mass is 19.1. The van der Waals surface area contributed by atoms with Gasteiger partial charge in [0.05, 0.1) is 11.1 Å². The molecule has 2 aromatic rings. The van der Waals surface area contributed by atoms with E-state index in [1.807, 2.05) is 13.8 Å². The summed E-state index contributed by atoms with van der Waals surface area (Å²) in [5.41, 5.74) is 4.30. The molecule has 0 spiro atoms. The van der Waals surface area contributed by atoms with Gasteiger partial charge in [-0.15, -0.1) is 0 Å². The van der Waals surface area contributed by atoms with Crippen LogP contribution in [-0.4, -0.2) is 59.8 Å². The normalized spacial score (nSPS) is 14.4. The van der Waals surface area contributed by atoms with Gasteiger partial charge in [0.15, 0.2) is 0 Å². The number of hydrogen-bond donors (Lipinski definition) is 2. The van der Waals surface area contributed by atoms with Gasteiger partial charge in [-0.1, -0.05) is 13.8 Å². The zero-order valence-electron chi connectivity index (χ0n) is 18.2. The van der Waals surface area contributed by atoms with Gasteiger partial charge < -0.3 is 20.1 Å². The summed E-state index contributed by atoms with van der Waals surface area (Å²) >= 11 is 0. The molecular formula is C23H29FN4O2. The number of fused-ring (bicyclic) bond motifs is 1. The molecule has 2 N–H and O–H groups in total. The number of nitrogens with zero attached hydrogens (tertiary/aromatic N) is 2. The van der Waals surface area contributed by atoms with Crippen LogP contribution in [0.2, 0.25) is 0 Å². The lowest BCUT2D eigenvalue weighted by molar-refractivity contribution is -0.110. The van der Waals surface area contributed by atoms with E-state index in [2.05, 4.69) is 29.0 Å². The highest BCUT2D eigenvalue weighted by Gasteiger charge is 2.26. The average Bonchev–Trinajstić information content (AvgIpc) is 3.17. The number of amides is 2. The van der Waals surface area contributed by atoms with Crippen molar-refractivity contribution in [2.75, 3.05) is 38.5 Å². The lowest BCUT2D eigenvalue weighted by Gasteiger charge is -2.23. The second kappa shape index (κ2) is 8.83. The van der Waals surface area contributed by atoms with Gasteiger partial charge in [-0.25, -0.2) is 4.39 Å². The highest BCUT2D eigenvalue weighted by molar-refractivity contribution is 6.34. The number of aromatic amines is 1. The summed E-state index contributed by atoms with van der Waals surface area (Å²) in [6.07, 6.45) is 1.69. The first kappa shape index (κ1) is 21.8. The summed E-state index contributed by atoms with van der Waals surface area (Å²) in [6.45, 7) is 11.3. The number of halogens is 1. The highest BCUT2D eigenvalue weighted by Crippen LogP contribution is 2.34. The van der Waals surface area contributed by atoms with Gasteiger partial charge in [0, 0.05) is 42.8 Å². The smallest absolute Gasteiger partial charge is 0.256 e. The van der Waals surface area contributed by atoms with Crippen LogP contribution in [-0.2, 0) is 4.79 Å². The molecule has 30 heavy (non-hydrogen) atoms. The Labute approximate surface area is 176 Å². The molecule has 1 aliphatic heterocycles. The van der Waals surface area contributed by atoms with Crippen LogP contribution in [0.15, 0.2) is 18.2 Å². The number of likely N-dealkylation sites (N-methyl/N-ethyl adjacent to an activating group) is 2. The Morgan fingerprint density at radius 1 is 1.17 bits per heavy atom. The number of nitrogens with one attached hydrogen (secondary N) is 2. The number of carbonyl (C=O) groups is 2. The molecule has 1 aromatic heterocycles. The molecule has 0 atom stereocenters. The van der Waals surface area contributed by atoms with Gasteiger partial charge in [0.1, 0.15) is 5.82 Å². The summed E-state index contributed by atoms with van der Waals surface area (Å²) < 4.78 is 13.7. The van der Waals surface area contributed by atoms with Crippen molar-refractivity contribution in [3.8, 4) is 0 Å². The molecule has 6 nitrogen and oxygen atoms in total. The van der Waals surface area contributed by atoms with E-state index in [0.717, 1.165) is 30.9 Å². The van der Waals surface area contributed by atoms with Crippen LogP contribution >= 0.6 is 0 Å². The Bertz CT molecular complexity index is 1000. The summed E-state index contributed by atoms with van der Waals surface area (Å²) in [5.74, 6) is -0.743. The van der Waals surface area contributed by atoms with Crippen molar-refractivity contribution >= 4 is 29.2 Å². The minimum Gasteiger partial charge on any atom is -0.358 e. The van der Waals surface area contributed by atoms with Crippen molar-refractivity contribution in [1.82, 2.24) is 14.8 Å². The van der Waals surface area contributed by atoms with Crippen LogP contribution < -0.4 is 5.32 Å². The van der Waals surface area contributed by atoms with E-state index < -0.39 is 5.82 Å². The van der Waals surface area contributed by atoms with E-state index >= 15 is 0 Å². The second-order valence-corrected chi connectivity index (χ2v) is 7.62. The predicted octanol–water partition coefficient (Wildman–Crippen LogP) is 3.68. The molecule has 1 aromatic carbocycles. The number of carbonyl (C=O) groups excluding carboxylic acids is 2. The molecule has 2 heterocycles. The Morgan fingerprint density at radius 2 is 1.87 bits per heavy atom. The van der Waals surface area contributed by atoms with E-state index in [0.29, 0.717) is 34.6 Å². The second-order valence-electron chi connectivity index (χ2n) is 7.62. The number of aryl methyl sites for hydroxylation is 1. The van der Waals surface area contributed by atoms with Gasteiger partial charge >= 0.3 is 0 Å². The number of H-pyrrole nitrogens is 1. The largest absolute Gasteiger partial charge is 0.358 e. The quantitative estimate of drug-likeness (QED) is 0.682. The number of aromatic nitrogens is 1. The summed E-state index contributed by atoms with van der Waals surface area (Å²) in [4.78, 5) is 32.7. The van der Waals surface area contributed by atoms with E-state index in [1.54, 1.807) is 24.1 Å². The van der Waals surface area contributed by atoms with Crippen LogP contribution in [0, 0.1) is 19.7 Å². The summed E-state index contributed by atoms with van der Waals surface area (Å²) in [7, 11) is 1.80. The van der Waals surface area contributed by atoms with Crippen LogP contribution in [0.5, 0.6) is 0 Å². The van der Waals surface area contributed by atoms with E-state index in [1.165, 1.54) is 12.1 Å². The van der Waals surface area contributed by atoms with Gasteiger partial charge in [-0.2, -0.15) is 0 Å². The van der Waals surface area contributed by atoms with Gasteiger partial charge in [0.2, 0.25) is 0 Å². The third-order valence-electron chi connectivity index (χ3n) is 5.74. The molecule has 0 unspecified atom stereocenters. The van der Waals surface area contributed by atoms with Gasteiger partial charge in [-0.3, -0.25) is 9.59 Å². The molecule has 0 fully saturated rings. The zero-order chi connectivity index (χ0) is 22.0. The molecule has 160 valence electrons. The van der Waals surface area contributed by atoms with Crippen molar-refractivity contribution in [3.63, 3.8) is 0 Å². The molecule has 0 radical (unpaired) electrons. The first-order valence-electron chi connectivity index (χ1n) is 10.3. The van der Waals surface area contributed by atoms with E-state index in [9.17, 15) is 14.0 Å². The van der Waals surface area contributed by atoms with Gasteiger partial charge in [0.25, 0.3) is 11.8 Å². The van der Waals surface area contributed by atoms with Crippen LogP contribution in [0.1, 0.15) is 46.7 Å². The molecule has 0 saturated heterocycles. The first-order valence-corrected chi connectivity index (χ1v) is 10.3. The Hall–Kier alpha value is -2.93. The monoisotopic (exact) mass is 412 g/mol. The van der Waals surface area contributed by atoms with Crippen LogP contribution in [0.25, 0.3) is 11.6 Å². The van der Waals surface area contributed by atoms with Gasteiger partial charge in [-0.05, 0) is 56.8 Å². The van der Waals surface area contributed by atoms with E-state index in [-0.39, 0.29) is 11.8 Å². The lowest BCUT2D eigenvalue weighted by Crippen LogP contribution is -2.36. The zero-order valence-corrected chi connectivity index (χ0v) is 18.2. The molecule has 0 aliphatic carbocycles. The van der Waals surface area contributed by atoms with Crippen molar-refractivity contribution in [2.45, 2.75) is 27.7 Å². The Kier molecular flexibility index (Phi) is 6.41. The van der Waals surface area contributed by atoms with Crippen LogP contribution in [0.3, 0.4) is 0 Å². The standard InChI is InChI=1S/C23H29FN4O2/c1-6-28(7-2)11-10-27(5)23(30)21-14(3)20(25-15(21)4)13-18-17-12-16(24)8-9-19(17)26-22(18)29/h8-9,12-13,25H,6-7,10-11H2,1-5H3,(H,26,29)/b18-13-. The van der Waals surface area contributed by atoms with Crippen LogP contribution in [0.4, 0.5) is 10.1 Å². The predicted molar refractivity (Wildman–Crippen MR) is 118 cm³/mol. The molecule has 2 amide bonds. The van der Waals surface area contributed by atoms with Crippen molar-refractivity contribution in [2.24, 2.45) is 0 Å². The number of benzene rings is 1. The minimum atomic E-state index is -0.402.